The van der Waals surface area contributed by atoms with E-state index in [2.05, 4.69) is 10.1 Å². The molecule has 5 nitrogen and oxygen atoms in total. The number of carbonyl (C=O) groups excluding carboxylic acids is 1. The van der Waals surface area contributed by atoms with Gasteiger partial charge in [0.05, 0.1) is 10.8 Å². The van der Waals surface area contributed by atoms with Crippen LogP contribution in [0.1, 0.15) is 63.0 Å². The van der Waals surface area contributed by atoms with Gasteiger partial charge in [0.2, 0.25) is 5.78 Å². The van der Waals surface area contributed by atoms with Crippen molar-refractivity contribution in [3.63, 3.8) is 0 Å². The number of rotatable bonds is 4. The van der Waals surface area contributed by atoms with Crippen molar-refractivity contribution in [2.24, 2.45) is 0 Å². The first-order valence-electron chi connectivity index (χ1n) is 7.65. The molecule has 1 unspecified atom stereocenters. The summed E-state index contributed by atoms with van der Waals surface area (Å²) in [5, 5.41) is 4.15. The Morgan fingerprint density at radius 3 is 2.30 bits per heavy atom. The molecule has 1 aliphatic rings. The molecule has 0 aliphatic heterocycles. The van der Waals surface area contributed by atoms with Gasteiger partial charge in [0.15, 0.2) is 10.8 Å². The molecule has 1 aliphatic carbocycles. The minimum Gasteiger partial charge on any atom is -0.359 e. The van der Waals surface area contributed by atoms with Crippen LogP contribution in [0.25, 0.3) is 0 Å². The maximum atomic E-state index is 13.2. The van der Waals surface area contributed by atoms with E-state index in [-0.39, 0.29) is 16.7 Å². The fraction of sp³-hybridized carbons (Fsp3) is 0.471. The maximum Gasteiger partial charge on any atom is 0.201 e. The van der Waals surface area contributed by atoms with Crippen molar-refractivity contribution in [3.05, 3.63) is 39.4 Å². The van der Waals surface area contributed by atoms with E-state index in [4.69, 9.17) is 4.52 Å². The number of hydrogen-bond donors (Lipinski definition) is 0. The summed E-state index contributed by atoms with van der Waals surface area (Å²) in [6, 6.07) is 0. The van der Waals surface area contributed by atoms with Crippen LogP contribution < -0.4 is 0 Å². The molecule has 0 N–H and O–H groups in total. The van der Waals surface area contributed by atoms with Gasteiger partial charge >= 0.3 is 0 Å². The summed E-state index contributed by atoms with van der Waals surface area (Å²) in [6.07, 6.45) is 3.48. The number of aromatic nitrogens is 2. The predicted octanol–water partition coefficient (Wildman–Crippen LogP) is 3.15. The third-order valence-electron chi connectivity index (χ3n) is 4.54. The van der Waals surface area contributed by atoms with Crippen LogP contribution in [0.2, 0.25) is 0 Å². The van der Waals surface area contributed by atoms with Crippen LogP contribution in [0, 0.1) is 27.7 Å². The van der Waals surface area contributed by atoms with Gasteiger partial charge in [-0.2, -0.15) is 0 Å². The summed E-state index contributed by atoms with van der Waals surface area (Å²) >= 11 is 0. The minimum atomic E-state index is -1.37. The Morgan fingerprint density at radius 1 is 1.09 bits per heavy atom. The number of hydrogen-bond acceptors (Lipinski definition) is 5. The summed E-state index contributed by atoms with van der Waals surface area (Å²) in [6.45, 7) is 7.66. The Balaban J connectivity index is 2.21. The predicted molar refractivity (Wildman–Crippen MR) is 87.4 cm³/mol. The Morgan fingerprint density at radius 2 is 1.74 bits per heavy atom. The summed E-state index contributed by atoms with van der Waals surface area (Å²) in [5.74, 6) is 0.625. The number of carbonyl (C=O) groups is 1. The molecule has 2 aromatic heterocycles. The summed E-state index contributed by atoms with van der Waals surface area (Å²) in [5.41, 5.74) is 4.47. The van der Waals surface area contributed by atoms with E-state index < -0.39 is 10.8 Å². The Bertz CT molecular complexity index is 835. The van der Waals surface area contributed by atoms with Crippen molar-refractivity contribution >= 4 is 16.6 Å². The lowest BCUT2D eigenvalue weighted by atomic mass is 9.94. The average molecular weight is 332 g/mol. The maximum absolute atomic E-state index is 13.2. The van der Waals surface area contributed by atoms with Crippen LogP contribution in [0.5, 0.6) is 0 Å². The molecular weight excluding hydrogens is 312 g/mol. The van der Waals surface area contributed by atoms with E-state index in [0.717, 1.165) is 29.7 Å². The summed E-state index contributed by atoms with van der Waals surface area (Å²) in [7, 11) is -1.37. The van der Waals surface area contributed by atoms with Gasteiger partial charge in [-0.1, -0.05) is 5.16 Å². The zero-order valence-electron chi connectivity index (χ0n) is 14.0. The van der Waals surface area contributed by atoms with E-state index >= 15 is 0 Å². The van der Waals surface area contributed by atoms with E-state index in [1.54, 1.807) is 0 Å². The first-order valence-corrected chi connectivity index (χ1v) is 9.20. The smallest absolute Gasteiger partial charge is 0.201 e. The molecule has 2 heterocycles. The molecule has 3 rings (SSSR count). The third-order valence-corrected chi connectivity index (χ3v) is 5.36. The van der Waals surface area contributed by atoms with Crippen LogP contribution >= 0.6 is 0 Å². The fourth-order valence-electron chi connectivity index (χ4n) is 2.90. The fourth-order valence-corrected chi connectivity index (χ4v) is 3.52. The lowest BCUT2D eigenvalue weighted by molar-refractivity contribution is 0.103. The van der Waals surface area contributed by atoms with Gasteiger partial charge in [0, 0.05) is 29.1 Å². The highest BCUT2D eigenvalue weighted by atomic mass is 32.2. The van der Waals surface area contributed by atoms with E-state index in [9.17, 15) is 9.00 Å². The molecule has 1 fully saturated rings. The average Bonchev–Trinajstić information content (AvgIpc) is 3.22. The Kier molecular flexibility index (Phi) is 3.96. The topological polar surface area (TPSA) is 73.1 Å². The molecular formula is C17H20N2O3S. The Hall–Kier alpha value is -1.82. The van der Waals surface area contributed by atoms with Gasteiger partial charge in [0.1, 0.15) is 5.56 Å². The van der Waals surface area contributed by atoms with Crippen LogP contribution in [0.4, 0.5) is 0 Å². The lowest BCUT2D eigenvalue weighted by Gasteiger charge is -2.13. The number of aryl methyl sites for hydroxylation is 2. The highest BCUT2D eigenvalue weighted by Gasteiger charge is 2.37. The van der Waals surface area contributed by atoms with E-state index in [1.807, 2.05) is 27.7 Å². The third kappa shape index (κ3) is 2.65. The van der Waals surface area contributed by atoms with Gasteiger partial charge in [-0.25, -0.2) is 0 Å². The summed E-state index contributed by atoms with van der Waals surface area (Å²) in [4.78, 5) is 17.7. The zero-order valence-corrected chi connectivity index (χ0v) is 14.8. The van der Waals surface area contributed by atoms with Crippen LogP contribution in [0.3, 0.4) is 0 Å². The summed E-state index contributed by atoms with van der Waals surface area (Å²) < 4.78 is 17.3. The van der Waals surface area contributed by atoms with Crippen LogP contribution in [-0.2, 0) is 10.8 Å². The molecule has 1 saturated carbocycles. The lowest BCUT2D eigenvalue weighted by Crippen LogP contribution is -2.13. The molecule has 0 bridgehead atoms. The van der Waals surface area contributed by atoms with Gasteiger partial charge in [-0.3, -0.25) is 14.0 Å². The van der Waals surface area contributed by atoms with Gasteiger partial charge in [0.25, 0.3) is 0 Å². The Labute approximate surface area is 137 Å². The largest absolute Gasteiger partial charge is 0.359 e. The molecule has 0 spiro atoms. The SMILES string of the molecule is Cc1nc(C)c(C(=O)c2c(S(C)=O)noc2C2CC2)c(C)c1C. The molecule has 0 amide bonds. The number of ketones is 1. The monoisotopic (exact) mass is 332 g/mol. The second kappa shape index (κ2) is 5.67. The van der Waals surface area contributed by atoms with Crippen LogP contribution in [0.15, 0.2) is 9.55 Å². The highest BCUT2D eigenvalue weighted by molar-refractivity contribution is 7.84. The van der Waals surface area contributed by atoms with Gasteiger partial charge in [-0.05, 0) is 51.7 Å². The normalized spacial score (nSPS) is 15.7. The van der Waals surface area contributed by atoms with Crippen molar-refractivity contribution in [3.8, 4) is 0 Å². The molecule has 0 radical (unpaired) electrons. The van der Waals surface area contributed by atoms with Crippen molar-refractivity contribution in [2.75, 3.05) is 6.26 Å². The minimum absolute atomic E-state index is 0.177. The quantitative estimate of drug-likeness (QED) is 0.804. The number of pyridine rings is 1. The molecule has 1 atom stereocenters. The number of nitrogens with zero attached hydrogens (tertiary/aromatic N) is 2. The molecule has 0 saturated heterocycles. The van der Waals surface area contributed by atoms with Crippen LogP contribution in [-0.4, -0.2) is 26.4 Å². The zero-order chi connectivity index (χ0) is 16.9. The molecule has 6 heteroatoms. The van der Waals surface area contributed by atoms with Gasteiger partial charge in [-0.15, -0.1) is 0 Å². The second-order valence-electron chi connectivity index (χ2n) is 6.19. The molecule has 122 valence electrons. The van der Waals surface area contributed by atoms with Gasteiger partial charge < -0.3 is 4.52 Å². The van der Waals surface area contributed by atoms with E-state index in [1.165, 1.54) is 6.26 Å². The standard InChI is InChI=1S/C17H20N2O3S/c1-8-9(2)13(11(4)18-10(8)3)15(20)14-16(12-6-7-12)22-19-17(14)23(5)21/h12H,6-7H2,1-5H3. The molecule has 23 heavy (non-hydrogen) atoms. The van der Waals surface area contributed by atoms with Crippen molar-refractivity contribution in [1.82, 2.24) is 10.1 Å². The van der Waals surface area contributed by atoms with E-state index in [0.29, 0.717) is 22.6 Å². The second-order valence-corrected chi connectivity index (χ2v) is 7.49. The molecule has 2 aromatic rings. The molecule has 0 aromatic carbocycles. The van der Waals surface area contributed by atoms with Crippen molar-refractivity contribution in [2.45, 2.75) is 51.5 Å². The van der Waals surface area contributed by atoms with Crippen molar-refractivity contribution < 1.29 is 13.5 Å². The first kappa shape index (κ1) is 16.1. The van der Waals surface area contributed by atoms with Crippen molar-refractivity contribution in [1.29, 1.82) is 0 Å². The highest BCUT2D eigenvalue weighted by Crippen LogP contribution is 2.43. The first-order chi connectivity index (χ1) is 10.8.